The Kier molecular flexibility index (Phi) is 4.14. The van der Waals surface area contributed by atoms with Crippen molar-refractivity contribution in [1.82, 2.24) is 19.2 Å². The van der Waals surface area contributed by atoms with E-state index in [4.69, 9.17) is 17.0 Å². The molecular formula is C14H17FN4OS. The quantitative estimate of drug-likeness (QED) is 0.814. The topological polar surface area (TPSA) is 35.2 Å². The molecule has 2 aromatic rings. The molecule has 0 bridgehead atoms. The van der Waals surface area contributed by atoms with Gasteiger partial charge in [-0.1, -0.05) is 12.1 Å². The van der Waals surface area contributed by atoms with Crippen molar-refractivity contribution in [2.45, 2.75) is 12.8 Å². The van der Waals surface area contributed by atoms with Crippen LogP contribution in [-0.4, -0.2) is 38.9 Å². The van der Waals surface area contributed by atoms with E-state index in [9.17, 15) is 4.39 Å². The van der Waals surface area contributed by atoms with Gasteiger partial charge in [0, 0.05) is 20.1 Å². The van der Waals surface area contributed by atoms with Gasteiger partial charge >= 0.3 is 0 Å². The zero-order valence-corrected chi connectivity index (χ0v) is 12.6. The summed E-state index contributed by atoms with van der Waals surface area (Å²) in [5.41, 5.74) is 0.991. The summed E-state index contributed by atoms with van der Waals surface area (Å²) in [7, 11) is 1.88. The van der Waals surface area contributed by atoms with Gasteiger partial charge in [-0.05, 0) is 29.9 Å². The lowest BCUT2D eigenvalue weighted by Crippen LogP contribution is -2.39. The zero-order chi connectivity index (χ0) is 14.8. The number of halogens is 1. The highest BCUT2D eigenvalue weighted by Gasteiger charge is 2.22. The van der Waals surface area contributed by atoms with Crippen LogP contribution in [0.5, 0.6) is 0 Å². The normalized spacial score (nSPS) is 19.8. The molecule has 0 radical (unpaired) electrons. The Morgan fingerprint density at radius 3 is 2.81 bits per heavy atom. The number of hydrogen-bond acceptors (Lipinski definition) is 4. The van der Waals surface area contributed by atoms with Crippen molar-refractivity contribution in [2.75, 3.05) is 19.7 Å². The van der Waals surface area contributed by atoms with Crippen molar-refractivity contribution in [1.29, 1.82) is 0 Å². The molecule has 2 heterocycles. The summed E-state index contributed by atoms with van der Waals surface area (Å²) in [6.07, 6.45) is 1.66. The molecule has 0 aliphatic carbocycles. The van der Waals surface area contributed by atoms with E-state index in [0.29, 0.717) is 18.0 Å². The summed E-state index contributed by atoms with van der Waals surface area (Å²) >= 11 is 5.30. The van der Waals surface area contributed by atoms with Crippen LogP contribution in [-0.2, 0) is 18.5 Å². The molecule has 1 fully saturated rings. The predicted octanol–water partition coefficient (Wildman–Crippen LogP) is 2.12. The highest BCUT2D eigenvalue weighted by Crippen LogP contribution is 2.22. The van der Waals surface area contributed by atoms with Crippen LogP contribution in [0.2, 0.25) is 0 Å². The van der Waals surface area contributed by atoms with Crippen LogP contribution in [0.1, 0.15) is 11.7 Å². The lowest BCUT2D eigenvalue weighted by molar-refractivity contribution is -0.0419. The monoisotopic (exact) mass is 308 g/mol. The van der Waals surface area contributed by atoms with Crippen LogP contribution in [0.15, 0.2) is 30.6 Å². The van der Waals surface area contributed by atoms with Crippen LogP contribution in [0, 0.1) is 10.6 Å². The minimum Gasteiger partial charge on any atom is -0.371 e. The summed E-state index contributed by atoms with van der Waals surface area (Å²) in [6, 6.07) is 6.48. The van der Waals surface area contributed by atoms with Crippen molar-refractivity contribution in [3.8, 4) is 0 Å². The van der Waals surface area contributed by atoms with Crippen molar-refractivity contribution in [3.63, 3.8) is 0 Å². The molecule has 0 N–H and O–H groups in total. The van der Waals surface area contributed by atoms with Crippen LogP contribution in [0.25, 0.3) is 0 Å². The second kappa shape index (κ2) is 6.05. The predicted molar refractivity (Wildman–Crippen MR) is 78.7 cm³/mol. The zero-order valence-electron chi connectivity index (χ0n) is 11.8. The fraction of sp³-hybridized carbons (Fsp3) is 0.429. The van der Waals surface area contributed by atoms with E-state index in [1.165, 1.54) is 12.1 Å². The summed E-state index contributed by atoms with van der Waals surface area (Å²) in [6.45, 7) is 2.85. The standard InChI is InChI=1S/C14H17FN4OS/c1-17-9-16-19(14(17)21)10-18-6-7-20-13(8-18)11-2-4-12(15)5-3-11/h2-5,9,13H,6-8,10H2,1H3/t13-/m0/s1. The first-order valence-corrected chi connectivity index (χ1v) is 7.22. The fourth-order valence-corrected chi connectivity index (χ4v) is 2.57. The molecule has 5 nitrogen and oxygen atoms in total. The average Bonchev–Trinajstić information content (AvgIpc) is 2.80. The third-order valence-electron chi connectivity index (χ3n) is 3.61. The first kappa shape index (κ1) is 14.4. The molecule has 1 aromatic carbocycles. The van der Waals surface area contributed by atoms with E-state index in [0.717, 1.165) is 18.7 Å². The van der Waals surface area contributed by atoms with Crippen LogP contribution >= 0.6 is 12.2 Å². The Morgan fingerprint density at radius 2 is 2.14 bits per heavy atom. The van der Waals surface area contributed by atoms with Gasteiger partial charge in [-0.15, -0.1) is 0 Å². The molecule has 0 saturated carbocycles. The second-order valence-corrected chi connectivity index (χ2v) is 5.52. The molecule has 112 valence electrons. The second-order valence-electron chi connectivity index (χ2n) is 5.15. The molecule has 0 spiro atoms. The molecule has 3 rings (SSSR count). The summed E-state index contributed by atoms with van der Waals surface area (Å²) < 4.78 is 23.1. The molecule has 21 heavy (non-hydrogen) atoms. The van der Waals surface area contributed by atoms with Gasteiger partial charge in [0.2, 0.25) is 0 Å². The van der Waals surface area contributed by atoms with E-state index < -0.39 is 0 Å². The van der Waals surface area contributed by atoms with Crippen molar-refractivity contribution in [2.24, 2.45) is 7.05 Å². The van der Waals surface area contributed by atoms with Crippen LogP contribution in [0.4, 0.5) is 4.39 Å². The Morgan fingerprint density at radius 1 is 1.38 bits per heavy atom. The minimum atomic E-state index is -0.230. The van der Waals surface area contributed by atoms with Gasteiger partial charge in [-0.25, -0.2) is 9.07 Å². The smallest absolute Gasteiger partial charge is 0.198 e. The summed E-state index contributed by atoms with van der Waals surface area (Å²) in [4.78, 5) is 2.24. The SMILES string of the molecule is Cn1cnn(CN2CCO[C@H](c3ccc(F)cc3)C2)c1=S. The number of nitrogens with zero attached hydrogens (tertiary/aromatic N) is 4. The number of benzene rings is 1. The number of hydrogen-bond donors (Lipinski definition) is 0. The van der Waals surface area contributed by atoms with Crippen molar-refractivity contribution < 1.29 is 9.13 Å². The third-order valence-corrected chi connectivity index (χ3v) is 4.11. The van der Waals surface area contributed by atoms with Gasteiger partial charge in [-0.3, -0.25) is 4.90 Å². The largest absolute Gasteiger partial charge is 0.371 e. The lowest BCUT2D eigenvalue weighted by atomic mass is 10.1. The number of morpholine rings is 1. The van der Waals surface area contributed by atoms with Gasteiger partial charge in [0.05, 0.1) is 19.4 Å². The Labute approximate surface area is 127 Å². The highest BCUT2D eigenvalue weighted by molar-refractivity contribution is 7.71. The maximum atomic E-state index is 13.0. The Bertz CT molecular complexity index is 666. The summed E-state index contributed by atoms with van der Waals surface area (Å²) in [5, 5.41) is 4.26. The highest BCUT2D eigenvalue weighted by atomic mass is 32.1. The third kappa shape index (κ3) is 3.20. The number of rotatable bonds is 3. The van der Waals surface area contributed by atoms with Gasteiger partial charge < -0.3 is 9.30 Å². The molecule has 1 aliphatic heterocycles. The van der Waals surface area contributed by atoms with Crippen molar-refractivity contribution >= 4 is 12.2 Å². The van der Waals surface area contributed by atoms with E-state index in [1.54, 1.807) is 23.1 Å². The molecule has 1 atom stereocenters. The maximum Gasteiger partial charge on any atom is 0.198 e. The van der Waals surface area contributed by atoms with E-state index in [1.807, 2.05) is 11.6 Å². The first-order valence-electron chi connectivity index (χ1n) is 6.81. The molecule has 0 unspecified atom stereocenters. The molecule has 1 aromatic heterocycles. The van der Waals surface area contributed by atoms with Gasteiger partial charge in [0.1, 0.15) is 12.1 Å². The van der Waals surface area contributed by atoms with Crippen LogP contribution < -0.4 is 0 Å². The molecule has 0 amide bonds. The van der Waals surface area contributed by atoms with E-state index in [2.05, 4.69) is 10.00 Å². The minimum absolute atomic E-state index is 0.0442. The van der Waals surface area contributed by atoms with Gasteiger partial charge in [0.25, 0.3) is 0 Å². The molecule has 1 aliphatic rings. The number of aromatic nitrogens is 3. The maximum absolute atomic E-state index is 13.0. The lowest BCUT2D eigenvalue weighted by Gasteiger charge is -2.32. The molecular weight excluding hydrogens is 291 g/mol. The first-order chi connectivity index (χ1) is 10.1. The van der Waals surface area contributed by atoms with E-state index >= 15 is 0 Å². The van der Waals surface area contributed by atoms with Gasteiger partial charge in [0.15, 0.2) is 4.77 Å². The number of ether oxygens (including phenoxy) is 1. The van der Waals surface area contributed by atoms with Crippen LogP contribution in [0.3, 0.4) is 0 Å². The molecule has 7 heteroatoms. The Balaban J connectivity index is 1.69. The fourth-order valence-electron chi connectivity index (χ4n) is 2.42. The average molecular weight is 308 g/mol. The van der Waals surface area contributed by atoms with Crippen molar-refractivity contribution in [3.05, 3.63) is 46.7 Å². The van der Waals surface area contributed by atoms with Gasteiger partial charge in [-0.2, -0.15) is 5.10 Å². The Hall–Kier alpha value is -1.57. The van der Waals surface area contributed by atoms with E-state index in [-0.39, 0.29) is 11.9 Å². The molecule has 1 saturated heterocycles. The summed E-state index contributed by atoms with van der Waals surface area (Å²) in [5.74, 6) is -0.230. The number of aryl methyl sites for hydroxylation is 1.